The molecule has 3 N–H and O–H groups in total. The van der Waals surface area contributed by atoms with Gasteiger partial charge in [-0.2, -0.15) is 0 Å². The number of aliphatic hydroxyl groups excluding tert-OH is 1. The van der Waals surface area contributed by atoms with Crippen LogP contribution >= 0.6 is 0 Å². The van der Waals surface area contributed by atoms with Gasteiger partial charge < -0.3 is 10.8 Å². The SMILES string of the molecule is NC1CCCCC1.OCc1ccccc1. The van der Waals surface area contributed by atoms with Crippen LogP contribution in [0.25, 0.3) is 0 Å². The second-order valence-corrected chi connectivity index (χ2v) is 4.04. The Balaban J connectivity index is 0.000000151. The van der Waals surface area contributed by atoms with Gasteiger partial charge in [-0.1, -0.05) is 49.6 Å². The molecule has 0 unspecified atom stereocenters. The van der Waals surface area contributed by atoms with E-state index in [1.165, 1.54) is 32.1 Å². The van der Waals surface area contributed by atoms with Gasteiger partial charge in [-0.15, -0.1) is 0 Å². The van der Waals surface area contributed by atoms with Crippen molar-refractivity contribution in [2.24, 2.45) is 5.73 Å². The van der Waals surface area contributed by atoms with Crippen molar-refractivity contribution < 1.29 is 5.11 Å². The van der Waals surface area contributed by atoms with E-state index < -0.39 is 0 Å². The van der Waals surface area contributed by atoms with Crippen LogP contribution in [0, 0.1) is 0 Å². The van der Waals surface area contributed by atoms with Gasteiger partial charge in [-0.3, -0.25) is 0 Å². The van der Waals surface area contributed by atoms with Gasteiger partial charge in [0.1, 0.15) is 0 Å². The topological polar surface area (TPSA) is 46.2 Å². The van der Waals surface area contributed by atoms with Crippen LogP contribution in [-0.2, 0) is 6.61 Å². The monoisotopic (exact) mass is 207 g/mol. The van der Waals surface area contributed by atoms with E-state index in [4.69, 9.17) is 10.8 Å². The third-order valence-electron chi connectivity index (χ3n) is 2.68. The maximum absolute atomic E-state index is 8.54. The maximum atomic E-state index is 8.54. The van der Waals surface area contributed by atoms with Crippen molar-refractivity contribution in [2.75, 3.05) is 0 Å². The minimum atomic E-state index is 0.140. The lowest BCUT2D eigenvalue weighted by Crippen LogP contribution is -2.22. The van der Waals surface area contributed by atoms with Crippen LogP contribution in [0.15, 0.2) is 30.3 Å². The van der Waals surface area contributed by atoms with Crippen molar-refractivity contribution in [3.63, 3.8) is 0 Å². The van der Waals surface area contributed by atoms with E-state index in [2.05, 4.69) is 0 Å². The highest BCUT2D eigenvalue weighted by molar-refractivity contribution is 5.12. The summed E-state index contributed by atoms with van der Waals surface area (Å²) in [6.07, 6.45) is 6.66. The summed E-state index contributed by atoms with van der Waals surface area (Å²) in [7, 11) is 0. The third-order valence-corrected chi connectivity index (χ3v) is 2.68. The number of benzene rings is 1. The van der Waals surface area contributed by atoms with Crippen molar-refractivity contribution in [3.8, 4) is 0 Å². The zero-order chi connectivity index (χ0) is 10.9. The van der Waals surface area contributed by atoms with E-state index >= 15 is 0 Å². The van der Waals surface area contributed by atoms with Crippen LogP contribution in [0.3, 0.4) is 0 Å². The Morgan fingerprint density at radius 1 is 1.07 bits per heavy atom. The van der Waals surface area contributed by atoms with E-state index in [0.717, 1.165) is 5.56 Å². The molecule has 1 fully saturated rings. The Hall–Kier alpha value is -0.860. The van der Waals surface area contributed by atoms with Gasteiger partial charge in [0.15, 0.2) is 0 Å². The van der Waals surface area contributed by atoms with Gasteiger partial charge >= 0.3 is 0 Å². The zero-order valence-corrected chi connectivity index (χ0v) is 9.23. The average Bonchev–Trinajstić information content (AvgIpc) is 2.32. The summed E-state index contributed by atoms with van der Waals surface area (Å²) < 4.78 is 0. The number of rotatable bonds is 1. The van der Waals surface area contributed by atoms with Gasteiger partial charge in [0.05, 0.1) is 6.61 Å². The number of hydrogen-bond acceptors (Lipinski definition) is 2. The molecule has 1 aromatic carbocycles. The van der Waals surface area contributed by atoms with Crippen LogP contribution in [0.4, 0.5) is 0 Å². The first kappa shape index (κ1) is 12.2. The lowest BCUT2D eigenvalue weighted by Gasteiger charge is -2.15. The summed E-state index contributed by atoms with van der Waals surface area (Å²) in [5, 5.41) is 8.54. The molecule has 0 bridgehead atoms. The molecule has 0 aromatic heterocycles. The minimum absolute atomic E-state index is 0.140. The largest absolute Gasteiger partial charge is 0.392 e. The molecular formula is C13H21NO. The van der Waals surface area contributed by atoms with Gasteiger partial charge in [-0.05, 0) is 18.4 Å². The summed E-state index contributed by atoms with van der Waals surface area (Å²) in [5.41, 5.74) is 6.60. The molecule has 0 amide bonds. The minimum Gasteiger partial charge on any atom is -0.392 e. The highest BCUT2D eigenvalue weighted by atomic mass is 16.3. The quantitative estimate of drug-likeness (QED) is 0.743. The molecule has 0 atom stereocenters. The second kappa shape index (κ2) is 7.43. The first-order valence-electron chi connectivity index (χ1n) is 5.73. The molecule has 0 heterocycles. The Morgan fingerprint density at radius 3 is 2.00 bits per heavy atom. The standard InChI is InChI=1S/C7H8O.C6H13N/c8-6-7-4-2-1-3-5-7;7-6-4-2-1-3-5-6/h1-5,8H,6H2;6H,1-5,7H2. The Kier molecular flexibility index (Phi) is 6.05. The third kappa shape index (κ3) is 5.55. The van der Waals surface area contributed by atoms with Crippen molar-refractivity contribution >= 4 is 0 Å². The van der Waals surface area contributed by atoms with Crippen LogP contribution in [-0.4, -0.2) is 11.1 Å². The van der Waals surface area contributed by atoms with Crippen LogP contribution in [0.5, 0.6) is 0 Å². The summed E-state index contributed by atoms with van der Waals surface area (Å²) >= 11 is 0. The number of nitrogens with two attached hydrogens (primary N) is 1. The van der Waals surface area contributed by atoms with E-state index in [0.29, 0.717) is 6.04 Å². The molecule has 2 nitrogen and oxygen atoms in total. The van der Waals surface area contributed by atoms with Crippen molar-refractivity contribution in [3.05, 3.63) is 35.9 Å². The fourth-order valence-corrected chi connectivity index (χ4v) is 1.72. The van der Waals surface area contributed by atoms with E-state index in [1.54, 1.807) is 0 Å². The molecule has 0 radical (unpaired) electrons. The van der Waals surface area contributed by atoms with Crippen LogP contribution in [0.1, 0.15) is 37.7 Å². The summed E-state index contributed by atoms with van der Waals surface area (Å²) in [5.74, 6) is 0. The average molecular weight is 207 g/mol. The highest BCUT2D eigenvalue weighted by Crippen LogP contribution is 2.14. The van der Waals surface area contributed by atoms with E-state index in [1.807, 2.05) is 30.3 Å². The summed E-state index contributed by atoms with van der Waals surface area (Å²) in [6.45, 7) is 0.140. The molecule has 0 saturated heterocycles. The molecule has 2 heteroatoms. The molecule has 0 spiro atoms. The molecule has 0 aliphatic heterocycles. The number of hydrogen-bond donors (Lipinski definition) is 2. The van der Waals surface area contributed by atoms with Gasteiger partial charge in [-0.25, -0.2) is 0 Å². The smallest absolute Gasteiger partial charge is 0.0681 e. The zero-order valence-electron chi connectivity index (χ0n) is 9.23. The summed E-state index contributed by atoms with van der Waals surface area (Å²) in [4.78, 5) is 0. The van der Waals surface area contributed by atoms with Gasteiger partial charge in [0, 0.05) is 6.04 Å². The second-order valence-electron chi connectivity index (χ2n) is 4.04. The molecule has 15 heavy (non-hydrogen) atoms. The van der Waals surface area contributed by atoms with Crippen molar-refractivity contribution in [2.45, 2.75) is 44.8 Å². The highest BCUT2D eigenvalue weighted by Gasteiger charge is 2.06. The van der Waals surface area contributed by atoms with E-state index in [9.17, 15) is 0 Å². The molecule has 1 aromatic rings. The predicted molar refractivity (Wildman–Crippen MR) is 63.4 cm³/mol. The summed E-state index contributed by atoms with van der Waals surface area (Å²) in [6, 6.07) is 10.1. The maximum Gasteiger partial charge on any atom is 0.0681 e. The molecule has 1 aliphatic rings. The van der Waals surface area contributed by atoms with Crippen LogP contribution in [0.2, 0.25) is 0 Å². The fraction of sp³-hybridized carbons (Fsp3) is 0.538. The van der Waals surface area contributed by atoms with Crippen molar-refractivity contribution in [1.82, 2.24) is 0 Å². The van der Waals surface area contributed by atoms with Crippen LogP contribution < -0.4 is 5.73 Å². The first-order chi connectivity index (χ1) is 7.33. The number of aliphatic hydroxyl groups is 1. The Morgan fingerprint density at radius 2 is 1.67 bits per heavy atom. The lowest BCUT2D eigenvalue weighted by atomic mass is 9.97. The fourth-order valence-electron chi connectivity index (χ4n) is 1.72. The molecule has 1 saturated carbocycles. The normalized spacial score (nSPS) is 16.7. The molecular weight excluding hydrogens is 186 g/mol. The molecule has 1 aliphatic carbocycles. The molecule has 84 valence electrons. The lowest BCUT2D eigenvalue weighted by molar-refractivity contribution is 0.282. The Bertz CT molecular complexity index is 242. The predicted octanol–water partition coefficient (Wildman–Crippen LogP) is 2.46. The Labute approximate surface area is 92.1 Å². The molecule has 2 rings (SSSR count). The first-order valence-corrected chi connectivity index (χ1v) is 5.73. The van der Waals surface area contributed by atoms with Gasteiger partial charge in [0.2, 0.25) is 0 Å². The van der Waals surface area contributed by atoms with Crippen molar-refractivity contribution in [1.29, 1.82) is 0 Å². The van der Waals surface area contributed by atoms with Gasteiger partial charge in [0.25, 0.3) is 0 Å². The van der Waals surface area contributed by atoms with E-state index in [-0.39, 0.29) is 6.61 Å².